The van der Waals surface area contributed by atoms with Gasteiger partial charge in [-0.25, -0.2) is 0 Å². The van der Waals surface area contributed by atoms with Crippen LogP contribution < -0.4 is 0 Å². The van der Waals surface area contributed by atoms with Gasteiger partial charge in [0.25, 0.3) is 0 Å². The lowest BCUT2D eigenvalue weighted by Crippen LogP contribution is -2.10. The van der Waals surface area contributed by atoms with Gasteiger partial charge in [0, 0.05) is 12.0 Å². The molecule has 0 radical (unpaired) electrons. The van der Waals surface area contributed by atoms with Crippen molar-refractivity contribution >= 4 is 0 Å². The van der Waals surface area contributed by atoms with E-state index < -0.39 is 0 Å². The van der Waals surface area contributed by atoms with Crippen molar-refractivity contribution in [3.63, 3.8) is 0 Å². The summed E-state index contributed by atoms with van der Waals surface area (Å²) >= 11 is 0. The Morgan fingerprint density at radius 1 is 1.50 bits per heavy atom. The average molecular weight is 168 g/mol. The molecule has 2 nitrogen and oxygen atoms in total. The molecule has 0 unspecified atom stereocenters. The highest BCUT2D eigenvalue weighted by molar-refractivity contribution is 5.15. The van der Waals surface area contributed by atoms with E-state index in [1.165, 1.54) is 0 Å². The Morgan fingerprint density at radius 3 is 2.67 bits per heavy atom. The first-order chi connectivity index (χ1) is 5.68. The zero-order valence-corrected chi connectivity index (χ0v) is 7.87. The molecule has 0 rings (SSSR count). The van der Waals surface area contributed by atoms with Crippen LogP contribution in [0.5, 0.6) is 0 Å². The van der Waals surface area contributed by atoms with Gasteiger partial charge in [-0.3, -0.25) is 0 Å². The highest BCUT2D eigenvalue weighted by atomic mass is 16.5. The standard InChI is InChI=1S/C10H16O2/c1-4-12-8-6-5-7-9(2)10(3)11/h6,8-11H,4H2,1-3H3/b8-6+/t9-,10-/m0/s1. The molecule has 0 aliphatic heterocycles. The summed E-state index contributed by atoms with van der Waals surface area (Å²) in [6.07, 6.45) is 2.82. The van der Waals surface area contributed by atoms with E-state index in [-0.39, 0.29) is 12.0 Å². The molecule has 0 fully saturated rings. The van der Waals surface area contributed by atoms with Crippen molar-refractivity contribution in [2.45, 2.75) is 26.9 Å². The fourth-order valence-electron chi connectivity index (χ4n) is 0.479. The smallest absolute Gasteiger partial charge is 0.0912 e. The highest BCUT2D eigenvalue weighted by Gasteiger charge is 2.02. The third kappa shape index (κ3) is 5.82. The van der Waals surface area contributed by atoms with Gasteiger partial charge in [0.2, 0.25) is 0 Å². The van der Waals surface area contributed by atoms with Crippen molar-refractivity contribution in [2.75, 3.05) is 6.61 Å². The number of aliphatic hydroxyl groups excluding tert-OH is 1. The van der Waals surface area contributed by atoms with Crippen LogP contribution in [-0.2, 0) is 4.74 Å². The van der Waals surface area contributed by atoms with Crippen molar-refractivity contribution in [2.24, 2.45) is 5.92 Å². The van der Waals surface area contributed by atoms with Crippen LogP contribution in [0.25, 0.3) is 0 Å². The van der Waals surface area contributed by atoms with Gasteiger partial charge in [-0.05, 0) is 20.8 Å². The zero-order chi connectivity index (χ0) is 9.40. The largest absolute Gasteiger partial charge is 0.501 e. The van der Waals surface area contributed by atoms with Crippen molar-refractivity contribution in [1.29, 1.82) is 0 Å². The third-order valence-electron chi connectivity index (χ3n) is 1.45. The maximum Gasteiger partial charge on any atom is 0.0912 e. The van der Waals surface area contributed by atoms with E-state index in [2.05, 4.69) is 11.8 Å². The van der Waals surface area contributed by atoms with Gasteiger partial charge < -0.3 is 9.84 Å². The minimum absolute atomic E-state index is 0.0104. The molecule has 68 valence electrons. The lowest BCUT2D eigenvalue weighted by Gasteiger charge is -2.04. The van der Waals surface area contributed by atoms with E-state index in [9.17, 15) is 0 Å². The summed E-state index contributed by atoms with van der Waals surface area (Å²) in [4.78, 5) is 0. The fourth-order valence-corrected chi connectivity index (χ4v) is 0.479. The van der Waals surface area contributed by atoms with Crippen LogP contribution in [0.1, 0.15) is 20.8 Å². The summed E-state index contributed by atoms with van der Waals surface area (Å²) < 4.78 is 4.93. The zero-order valence-electron chi connectivity index (χ0n) is 7.87. The maximum absolute atomic E-state index is 9.07. The maximum atomic E-state index is 9.07. The van der Waals surface area contributed by atoms with Gasteiger partial charge in [-0.2, -0.15) is 0 Å². The van der Waals surface area contributed by atoms with Gasteiger partial charge in [0.15, 0.2) is 0 Å². The fraction of sp³-hybridized carbons (Fsp3) is 0.600. The van der Waals surface area contributed by atoms with E-state index in [0.29, 0.717) is 6.61 Å². The van der Waals surface area contributed by atoms with Gasteiger partial charge in [-0.1, -0.05) is 11.8 Å². The van der Waals surface area contributed by atoms with Crippen molar-refractivity contribution in [3.05, 3.63) is 12.3 Å². The predicted molar refractivity (Wildman–Crippen MR) is 49.4 cm³/mol. The van der Waals surface area contributed by atoms with Crippen LogP contribution in [0.2, 0.25) is 0 Å². The number of rotatable bonds is 3. The molecule has 1 N–H and O–H groups in total. The topological polar surface area (TPSA) is 29.5 Å². The van der Waals surface area contributed by atoms with Gasteiger partial charge >= 0.3 is 0 Å². The number of allylic oxidation sites excluding steroid dienone is 1. The number of ether oxygens (including phenoxy) is 1. The van der Waals surface area contributed by atoms with Crippen LogP contribution >= 0.6 is 0 Å². The molecule has 2 atom stereocenters. The van der Waals surface area contributed by atoms with Gasteiger partial charge in [0.05, 0.1) is 19.0 Å². The number of hydrogen-bond acceptors (Lipinski definition) is 2. The first-order valence-electron chi connectivity index (χ1n) is 4.14. The van der Waals surface area contributed by atoms with Crippen LogP contribution in [0, 0.1) is 17.8 Å². The molecule has 12 heavy (non-hydrogen) atoms. The molecule has 0 aromatic carbocycles. The first kappa shape index (κ1) is 11.1. The molecular formula is C10H16O2. The Balaban J connectivity index is 3.72. The number of aliphatic hydroxyl groups is 1. The van der Waals surface area contributed by atoms with Crippen LogP contribution in [0.4, 0.5) is 0 Å². The van der Waals surface area contributed by atoms with Crippen molar-refractivity contribution in [1.82, 2.24) is 0 Å². The summed E-state index contributed by atoms with van der Waals surface area (Å²) in [6, 6.07) is 0. The molecule has 0 aromatic rings. The van der Waals surface area contributed by atoms with E-state index >= 15 is 0 Å². The minimum atomic E-state index is -0.377. The molecular weight excluding hydrogens is 152 g/mol. The SMILES string of the molecule is CCO/C=C/C#C[C@H](C)[C@H](C)O. The molecule has 0 aromatic heterocycles. The molecule has 0 heterocycles. The summed E-state index contributed by atoms with van der Waals surface area (Å²) in [5.74, 6) is 5.67. The van der Waals surface area contributed by atoms with Gasteiger partial charge in [0.1, 0.15) is 0 Å². The van der Waals surface area contributed by atoms with E-state index in [1.807, 2.05) is 13.8 Å². The lowest BCUT2D eigenvalue weighted by molar-refractivity contribution is 0.161. The van der Waals surface area contributed by atoms with Crippen molar-refractivity contribution < 1.29 is 9.84 Å². The second-order valence-corrected chi connectivity index (χ2v) is 2.58. The minimum Gasteiger partial charge on any atom is -0.501 e. The third-order valence-corrected chi connectivity index (χ3v) is 1.45. The first-order valence-corrected chi connectivity index (χ1v) is 4.14. The van der Waals surface area contributed by atoms with Crippen molar-refractivity contribution in [3.8, 4) is 11.8 Å². The normalized spacial score (nSPS) is 15.0. The lowest BCUT2D eigenvalue weighted by atomic mass is 10.1. The monoisotopic (exact) mass is 168 g/mol. The van der Waals surface area contributed by atoms with Crippen LogP contribution in [0.15, 0.2) is 12.3 Å². The molecule has 0 amide bonds. The summed E-state index contributed by atoms with van der Waals surface area (Å²) in [6.45, 7) is 6.18. The van der Waals surface area contributed by atoms with E-state index in [1.54, 1.807) is 19.3 Å². The molecule has 0 spiro atoms. The second kappa shape index (κ2) is 6.75. The van der Waals surface area contributed by atoms with Crippen LogP contribution in [-0.4, -0.2) is 17.8 Å². The average Bonchev–Trinajstić information content (AvgIpc) is 2.03. The molecule has 0 saturated heterocycles. The quantitative estimate of drug-likeness (QED) is 0.512. The summed E-state index contributed by atoms with van der Waals surface area (Å²) in [5, 5.41) is 9.07. The summed E-state index contributed by atoms with van der Waals surface area (Å²) in [7, 11) is 0. The predicted octanol–water partition coefficient (Wildman–Crippen LogP) is 1.56. The molecule has 0 aliphatic carbocycles. The van der Waals surface area contributed by atoms with E-state index in [0.717, 1.165) is 0 Å². The van der Waals surface area contributed by atoms with E-state index in [4.69, 9.17) is 9.84 Å². The molecule has 0 saturated carbocycles. The second-order valence-electron chi connectivity index (χ2n) is 2.58. The highest BCUT2D eigenvalue weighted by Crippen LogP contribution is 1.98. The Kier molecular flexibility index (Phi) is 6.22. The Hall–Kier alpha value is -0.940. The molecule has 0 aliphatic rings. The number of hydrogen-bond donors (Lipinski definition) is 1. The summed E-state index contributed by atoms with van der Waals surface area (Å²) in [5.41, 5.74) is 0. The molecule has 2 heteroatoms. The van der Waals surface area contributed by atoms with Crippen LogP contribution in [0.3, 0.4) is 0 Å². The Labute approximate surface area is 74.2 Å². The Morgan fingerprint density at radius 2 is 2.17 bits per heavy atom. The molecule has 0 bridgehead atoms. The van der Waals surface area contributed by atoms with Gasteiger partial charge in [-0.15, -0.1) is 0 Å². The Bertz CT molecular complexity index is 184.